The minimum atomic E-state index is -0.299. The molecule has 0 unspecified atom stereocenters. The van der Waals surface area contributed by atoms with Crippen LogP contribution in [-0.2, 0) is 16.1 Å². The van der Waals surface area contributed by atoms with E-state index in [0.717, 1.165) is 11.3 Å². The molecular formula is C10H14FNO2. The first kappa shape index (κ1) is 11.1. The summed E-state index contributed by atoms with van der Waals surface area (Å²) in [5.74, 6) is -0.299. The average molecular weight is 199 g/mol. The van der Waals surface area contributed by atoms with E-state index in [9.17, 15) is 4.39 Å². The Bertz CT molecular complexity index is 315. The number of pyridine rings is 1. The fourth-order valence-electron chi connectivity index (χ4n) is 1.12. The molecule has 14 heavy (non-hydrogen) atoms. The summed E-state index contributed by atoms with van der Waals surface area (Å²) in [4.78, 5) is 4.06. The van der Waals surface area contributed by atoms with Crippen LogP contribution in [0.3, 0.4) is 0 Å². The van der Waals surface area contributed by atoms with Gasteiger partial charge in [-0.25, -0.2) is 4.39 Å². The molecular weight excluding hydrogens is 185 g/mol. The Hall–Kier alpha value is -1.00. The molecule has 1 aromatic rings. The van der Waals surface area contributed by atoms with Crippen molar-refractivity contribution >= 4 is 0 Å². The summed E-state index contributed by atoms with van der Waals surface area (Å²) < 4.78 is 23.0. The molecule has 0 aliphatic rings. The molecule has 3 nitrogen and oxygen atoms in total. The summed E-state index contributed by atoms with van der Waals surface area (Å²) in [6.07, 6.45) is 0. The largest absolute Gasteiger partial charge is 0.359 e. The Morgan fingerprint density at radius 3 is 2.71 bits per heavy atom. The predicted octanol–water partition coefficient (Wildman–Crippen LogP) is 1.96. The van der Waals surface area contributed by atoms with Crippen LogP contribution in [0.15, 0.2) is 6.07 Å². The summed E-state index contributed by atoms with van der Waals surface area (Å²) >= 11 is 0. The first-order valence-corrected chi connectivity index (χ1v) is 4.34. The van der Waals surface area contributed by atoms with E-state index < -0.39 is 0 Å². The van der Waals surface area contributed by atoms with Crippen molar-refractivity contribution in [1.29, 1.82) is 0 Å². The number of aromatic nitrogens is 1. The van der Waals surface area contributed by atoms with Crippen LogP contribution in [0.1, 0.15) is 17.0 Å². The molecule has 4 heteroatoms. The minimum Gasteiger partial charge on any atom is -0.359 e. The molecule has 0 aliphatic heterocycles. The molecule has 0 spiro atoms. The molecule has 0 aromatic carbocycles. The number of halogens is 1. The van der Waals surface area contributed by atoms with Gasteiger partial charge >= 0.3 is 0 Å². The third-order valence-electron chi connectivity index (χ3n) is 1.91. The lowest BCUT2D eigenvalue weighted by atomic mass is 10.2. The van der Waals surface area contributed by atoms with Gasteiger partial charge in [-0.1, -0.05) is 0 Å². The van der Waals surface area contributed by atoms with Crippen LogP contribution in [0.5, 0.6) is 0 Å². The van der Waals surface area contributed by atoms with Gasteiger partial charge in [0.25, 0.3) is 0 Å². The first-order chi connectivity index (χ1) is 6.65. The Balaban J connectivity index is 2.72. The number of ether oxygens (including phenoxy) is 2. The minimum absolute atomic E-state index is 0.203. The molecule has 1 aromatic heterocycles. The standard InChI is InChI=1S/C10H14FNO2/c1-7-9(5-14-6-13-3)4-10(11)8(2)12-7/h4H,5-6H2,1-3H3. The van der Waals surface area contributed by atoms with Crippen LogP contribution in [0.4, 0.5) is 4.39 Å². The van der Waals surface area contributed by atoms with Crippen molar-refractivity contribution in [3.8, 4) is 0 Å². The highest BCUT2D eigenvalue weighted by Crippen LogP contribution is 2.11. The lowest BCUT2D eigenvalue weighted by Gasteiger charge is -2.07. The van der Waals surface area contributed by atoms with Crippen LogP contribution in [-0.4, -0.2) is 18.9 Å². The Morgan fingerprint density at radius 1 is 1.36 bits per heavy atom. The number of hydrogen-bond acceptors (Lipinski definition) is 3. The summed E-state index contributed by atoms with van der Waals surface area (Å²) in [6, 6.07) is 1.45. The van der Waals surface area contributed by atoms with Crippen molar-refractivity contribution in [2.75, 3.05) is 13.9 Å². The van der Waals surface area contributed by atoms with Gasteiger partial charge in [-0.3, -0.25) is 4.98 Å². The molecule has 0 bridgehead atoms. The summed E-state index contributed by atoms with van der Waals surface area (Å²) in [5.41, 5.74) is 1.96. The van der Waals surface area contributed by atoms with Gasteiger partial charge in [-0.05, 0) is 19.9 Å². The molecule has 0 fully saturated rings. The van der Waals surface area contributed by atoms with Crippen LogP contribution in [0.2, 0.25) is 0 Å². The summed E-state index contributed by atoms with van der Waals surface area (Å²) in [7, 11) is 1.54. The van der Waals surface area contributed by atoms with Gasteiger partial charge in [-0.2, -0.15) is 0 Å². The number of nitrogens with zero attached hydrogens (tertiary/aromatic N) is 1. The van der Waals surface area contributed by atoms with E-state index in [2.05, 4.69) is 4.98 Å². The van der Waals surface area contributed by atoms with Crippen LogP contribution in [0, 0.1) is 19.7 Å². The molecule has 0 saturated carbocycles. The van der Waals surface area contributed by atoms with E-state index in [1.165, 1.54) is 6.07 Å². The van der Waals surface area contributed by atoms with Crippen molar-refractivity contribution < 1.29 is 13.9 Å². The van der Waals surface area contributed by atoms with Crippen LogP contribution < -0.4 is 0 Å². The maximum atomic E-state index is 13.1. The van der Waals surface area contributed by atoms with E-state index in [1.807, 2.05) is 6.92 Å². The first-order valence-electron chi connectivity index (χ1n) is 4.34. The number of aryl methyl sites for hydroxylation is 2. The highest BCUT2D eigenvalue weighted by Gasteiger charge is 2.05. The van der Waals surface area contributed by atoms with Crippen molar-refractivity contribution in [3.05, 3.63) is 28.8 Å². The van der Waals surface area contributed by atoms with Gasteiger partial charge in [0.1, 0.15) is 12.6 Å². The number of hydrogen-bond donors (Lipinski definition) is 0. The zero-order chi connectivity index (χ0) is 10.6. The van der Waals surface area contributed by atoms with Gasteiger partial charge in [0, 0.05) is 18.4 Å². The maximum Gasteiger partial charge on any atom is 0.146 e. The van der Waals surface area contributed by atoms with Gasteiger partial charge in [-0.15, -0.1) is 0 Å². The molecule has 0 atom stereocenters. The lowest BCUT2D eigenvalue weighted by molar-refractivity contribution is -0.0393. The van der Waals surface area contributed by atoms with Crippen LogP contribution >= 0.6 is 0 Å². The fraction of sp³-hybridized carbons (Fsp3) is 0.500. The Kier molecular flexibility index (Phi) is 3.98. The van der Waals surface area contributed by atoms with Crippen LogP contribution in [0.25, 0.3) is 0 Å². The van der Waals surface area contributed by atoms with Gasteiger partial charge in [0.05, 0.1) is 12.3 Å². The second-order valence-electron chi connectivity index (χ2n) is 3.06. The monoisotopic (exact) mass is 199 g/mol. The van der Waals surface area contributed by atoms with Crippen molar-refractivity contribution in [1.82, 2.24) is 4.98 Å². The number of rotatable bonds is 4. The summed E-state index contributed by atoms with van der Waals surface area (Å²) in [5, 5.41) is 0. The highest BCUT2D eigenvalue weighted by molar-refractivity contribution is 5.22. The van der Waals surface area contributed by atoms with E-state index >= 15 is 0 Å². The molecule has 0 aliphatic carbocycles. The second kappa shape index (κ2) is 5.02. The topological polar surface area (TPSA) is 31.4 Å². The molecule has 78 valence electrons. The zero-order valence-corrected chi connectivity index (χ0v) is 8.63. The van der Waals surface area contributed by atoms with Crippen molar-refractivity contribution in [3.63, 3.8) is 0 Å². The predicted molar refractivity (Wildman–Crippen MR) is 50.3 cm³/mol. The Morgan fingerprint density at radius 2 is 2.07 bits per heavy atom. The van der Waals surface area contributed by atoms with Gasteiger partial charge in [0.15, 0.2) is 0 Å². The van der Waals surface area contributed by atoms with Crippen molar-refractivity contribution in [2.24, 2.45) is 0 Å². The fourth-order valence-corrected chi connectivity index (χ4v) is 1.12. The SMILES string of the molecule is COCOCc1cc(F)c(C)nc1C. The number of methoxy groups -OCH3 is 1. The lowest BCUT2D eigenvalue weighted by Crippen LogP contribution is -2.02. The molecule has 0 radical (unpaired) electrons. The molecule has 1 heterocycles. The normalized spacial score (nSPS) is 10.6. The van der Waals surface area contributed by atoms with Crippen molar-refractivity contribution in [2.45, 2.75) is 20.5 Å². The molecule has 0 N–H and O–H groups in total. The van der Waals surface area contributed by atoms with E-state index in [0.29, 0.717) is 12.3 Å². The van der Waals surface area contributed by atoms with E-state index in [1.54, 1.807) is 14.0 Å². The van der Waals surface area contributed by atoms with E-state index in [-0.39, 0.29) is 12.6 Å². The molecule has 0 amide bonds. The Labute approximate surface area is 82.9 Å². The zero-order valence-electron chi connectivity index (χ0n) is 8.63. The maximum absolute atomic E-state index is 13.1. The third-order valence-corrected chi connectivity index (χ3v) is 1.91. The average Bonchev–Trinajstić information content (AvgIpc) is 2.14. The van der Waals surface area contributed by atoms with Gasteiger partial charge in [0.2, 0.25) is 0 Å². The quantitative estimate of drug-likeness (QED) is 0.548. The smallest absolute Gasteiger partial charge is 0.146 e. The summed E-state index contributed by atoms with van der Waals surface area (Å²) in [6.45, 7) is 4.00. The molecule has 1 rings (SSSR count). The van der Waals surface area contributed by atoms with Gasteiger partial charge < -0.3 is 9.47 Å². The highest BCUT2D eigenvalue weighted by atomic mass is 19.1. The molecule has 0 saturated heterocycles. The third kappa shape index (κ3) is 2.75. The van der Waals surface area contributed by atoms with E-state index in [4.69, 9.17) is 9.47 Å². The second-order valence-corrected chi connectivity index (χ2v) is 3.06.